The molecule has 0 radical (unpaired) electrons. The fourth-order valence-electron chi connectivity index (χ4n) is 4.31. The van der Waals surface area contributed by atoms with E-state index in [1.54, 1.807) is 0 Å². The van der Waals surface area contributed by atoms with E-state index in [1.165, 1.54) is 70.6 Å². The van der Waals surface area contributed by atoms with E-state index in [2.05, 4.69) is 6.92 Å². The summed E-state index contributed by atoms with van der Waals surface area (Å²) >= 11 is 0. The maximum atomic E-state index is 11.0. The van der Waals surface area contributed by atoms with Gasteiger partial charge in [0, 0.05) is 6.42 Å². The molecule has 4 N–H and O–H groups in total. The molecule has 5 heteroatoms. The first kappa shape index (κ1) is 29.4. The molecular formula is C25H50O5. The average Bonchev–Trinajstić information content (AvgIpc) is 2.72. The van der Waals surface area contributed by atoms with Gasteiger partial charge in [0.15, 0.2) is 0 Å². The quantitative estimate of drug-likeness (QED) is 0.162. The van der Waals surface area contributed by atoms with E-state index in [0.29, 0.717) is 12.8 Å². The molecule has 0 aromatic heterocycles. The molecule has 0 rings (SSSR count). The molecular weight excluding hydrogens is 380 g/mol. The summed E-state index contributed by atoms with van der Waals surface area (Å²) in [4.78, 5) is 11.0. The summed E-state index contributed by atoms with van der Waals surface area (Å²) in [7, 11) is 0. The SMILES string of the molecule is CCCCCCCCCCCCCCCC[C@](O)(CC(CC)CC(=O)O)C(O)CO. The number of carbonyl (C=O) groups is 1. The van der Waals surface area contributed by atoms with E-state index in [9.17, 15) is 20.1 Å². The maximum Gasteiger partial charge on any atom is 0.303 e. The lowest BCUT2D eigenvalue weighted by atomic mass is 9.80. The Morgan fingerprint density at radius 1 is 0.800 bits per heavy atom. The number of carboxylic acid groups (broad SMARTS) is 1. The zero-order valence-electron chi connectivity index (χ0n) is 19.8. The predicted octanol–water partition coefficient (Wildman–Crippen LogP) is 5.83. The molecule has 0 aromatic rings. The van der Waals surface area contributed by atoms with Crippen molar-refractivity contribution in [1.29, 1.82) is 0 Å². The Hall–Kier alpha value is -0.650. The lowest BCUT2D eigenvalue weighted by Crippen LogP contribution is -2.46. The highest BCUT2D eigenvalue weighted by molar-refractivity contribution is 5.67. The monoisotopic (exact) mass is 430 g/mol. The Kier molecular flexibility index (Phi) is 18.7. The molecule has 0 saturated heterocycles. The molecule has 0 fully saturated rings. The van der Waals surface area contributed by atoms with Crippen LogP contribution in [0.5, 0.6) is 0 Å². The van der Waals surface area contributed by atoms with Crippen LogP contribution in [0.4, 0.5) is 0 Å². The van der Waals surface area contributed by atoms with Crippen LogP contribution in [-0.4, -0.2) is 44.7 Å². The van der Waals surface area contributed by atoms with Crippen molar-refractivity contribution >= 4 is 5.97 Å². The minimum atomic E-state index is -1.40. The van der Waals surface area contributed by atoms with Crippen molar-refractivity contribution in [2.24, 2.45) is 5.92 Å². The van der Waals surface area contributed by atoms with Crippen molar-refractivity contribution in [3.8, 4) is 0 Å². The maximum absolute atomic E-state index is 11.0. The van der Waals surface area contributed by atoms with Gasteiger partial charge in [-0.15, -0.1) is 0 Å². The van der Waals surface area contributed by atoms with Crippen molar-refractivity contribution in [2.45, 2.75) is 141 Å². The number of aliphatic carboxylic acids is 1. The highest BCUT2D eigenvalue weighted by Gasteiger charge is 2.37. The summed E-state index contributed by atoms with van der Waals surface area (Å²) in [6.45, 7) is 3.65. The molecule has 0 heterocycles. The Balaban J connectivity index is 3.90. The second-order valence-corrected chi connectivity index (χ2v) is 9.22. The third kappa shape index (κ3) is 15.2. The van der Waals surface area contributed by atoms with Gasteiger partial charge in [-0.05, 0) is 18.8 Å². The summed E-state index contributed by atoms with van der Waals surface area (Å²) in [6.07, 6.45) is 17.6. The molecule has 5 nitrogen and oxygen atoms in total. The summed E-state index contributed by atoms with van der Waals surface area (Å²) in [5.74, 6) is -1.08. The third-order valence-corrected chi connectivity index (χ3v) is 6.44. The van der Waals surface area contributed by atoms with E-state index >= 15 is 0 Å². The highest BCUT2D eigenvalue weighted by Crippen LogP contribution is 2.30. The molecule has 0 aliphatic heterocycles. The normalized spacial score (nSPS) is 15.6. The summed E-state index contributed by atoms with van der Waals surface area (Å²) in [5, 5.41) is 39.3. The number of hydrogen-bond donors (Lipinski definition) is 4. The first-order valence-corrected chi connectivity index (χ1v) is 12.6. The Morgan fingerprint density at radius 3 is 1.60 bits per heavy atom. The van der Waals surface area contributed by atoms with Gasteiger partial charge in [-0.1, -0.05) is 110 Å². The second-order valence-electron chi connectivity index (χ2n) is 9.22. The predicted molar refractivity (Wildman–Crippen MR) is 124 cm³/mol. The van der Waals surface area contributed by atoms with Gasteiger partial charge in [-0.3, -0.25) is 4.79 Å². The van der Waals surface area contributed by atoms with E-state index in [0.717, 1.165) is 19.3 Å². The number of aliphatic hydroxyl groups excluding tert-OH is 2. The second kappa shape index (κ2) is 19.1. The van der Waals surface area contributed by atoms with Gasteiger partial charge in [0.25, 0.3) is 0 Å². The van der Waals surface area contributed by atoms with Gasteiger partial charge in [0.05, 0.1) is 12.2 Å². The number of aliphatic hydroxyl groups is 3. The van der Waals surface area contributed by atoms with Gasteiger partial charge >= 0.3 is 5.97 Å². The van der Waals surface area contributed by atoms with Crippen LogP contribution in [-0.2, 0) is 4.79 Å². The third-order valence-electron chi connectivity index (χ3n) is 6.44. The number of rotatable bonds is 22. The molecule has 0 aliphatic carbocycles. The van der Waals surface area contributed by atoms with Gasteiger partial charge in [0.1, 0.15) is 6.10 Å². The van der Waals surface area contributed by atoms with Crippen LogP contribution in [0, 0.1) is 5.92 Å². The Morgan fingerprint density at radius 2 is 1.23 bits per heavy atom. The minimum Gasteiger partial charge on any atom is -0.481 e. The van der Waals surface area contributed by atoms with Crippen molar-refractivity contribution < 1.29 is 25.2 Å². The van der Waals surface area contributed by atoms with Crippen LogP contribution in [0.2, 0.25) is 0 Å². The van der Waals surface area contributed by atoms with Crippen LogP contribution in [0.1, 0.15) is 129 Å². The summed E-state index contributed by atoms with van der Waals surface area (Å²) in [6, 6.07) is 0. The van der Waals surface area contributed by atoms with Crippen molar-refractivity contribution in [2.75, 3.05) is 6.61 Å². The topological polar surface area (TPSA) is 98.0 Å². The zero-order chi connectivity index (χ0) is 22.7. The van der Waals surface area contributed by atoms with E-state index in [4.69, 9.17) is 5.11 Å². The minimum absolute atomic E-state index is 0.0182. The van der Waals surface area contributed by atoms with Crippen molar-refractivity contribution in [3.05, 3.63) is 0 Å². The summed E-state index contributed by atoms with van der Waals surface area (Å²) in [5.41, 5.74) is -1.40. The van der Waals surface area contributed by atoms with E-state index in [1.807, 2.05) is 6.92 Å². The molecule has 0 amide bonds. The molecule has 0 aromatic carbocycles. The van der Waals surface area contributed by atoms with E-state index in [-0.39, 0.29) is 18.8 Å². The lowest BCUT2D eigenvalue weighted by molar-refractivity contribution is -0.140. The first-order chi connectivity index (χ1) is 14.4. The fourth-order valence-corrected chi connectivity index (χ4v) is 4.31. The fraction of sp³-hybridized carbons (Fsp3) is 0.960. The molecule has 0 saturated carbocycles. The van der Waals surface area contributed by atoms with E-state index < -0.39 is 24.3 Å². The van der Waals surface area contributed by atoms with Crippen molar-refractivity contribution in [1.82, 2.24) is 0 Å². The number of hydrogen-bond acceptors (Lipinski definition) is 4. The largest absolute Gasteiger partial charge is 0.481 e. The molecule has 2 unspecified atom stereocenters. The first-order valence-electron chi connectivity index (χ1n) is 12.6. The molecule has 3 atom stereocenters. The smallest absolute Gasteiger partial charge is 0.303 e. The average molecular weight is 431 g/mol. The van der Waals surface area contributed by atoms with Crippen LogP contribution >= 0.6 is 0 Å². The molecule has 30 heavy (non-hydrogen) atoms. The lowest BCUT2D eigenvalue weighted by Gasteiger charge is -2.35. The van der Waals surface area contributed by atoms with Crippen LogP contribution < -0.4 is 0 Å². The highest BCUT2D eigenvalue weighted by atomic mass is 16.4. The van der Waals surface area contributed by atoms with Gasteiger partial charge < -0.3 is 20.4 Å². The van der Waals surface area contributed by atoms with Gasteiger partial charge in [-0.2, -0.15) is 0 Å². The van der Waals surface area contributed by atoms with Crippen LogP contribution in [0.3, 0.4) is 0 Å². The Bertz CT molecular complexity index is 401. The summed E-state index contributed by atoms with van der Waals surface area (Å²) < 4.78 is 0. The van der Waals surface area contributed by atoms with Crippen LogP contribution in [0.25, 0.3) is 0 Å². The standard InChI is InChI=1S/C25H50O5/c1-3-5-6-7-8-9-10-11-12-13-14-15-16-17-18-25(30,23(27)21-26)20-22(4-2)19-24(28)29/h22-23,26-27,30H,3-21H2,1-2H3,(H,28,29)/t22?,23?,25-/m0/s1. The zero-order valence-corrected chi connectivity index (χ0v) is 19.8. The van der Waals surface area contributed by atoms with Crippen molar-refractivity contribution in [3.63, 3.8) is 0 Å². The molecule has 0 aliphatic rings. The van der Waals surface area contributed by atoms with Gasteiger partial charge in [0.2, 0.25) is 0 Å². The Labute approximate surface area is 185 Å². The molecule has 0 spiro atoms. The van der Waals surface area contributed by atoms with Crippen LogP contribution in [0.15, 0.2) is 0 Å². The van der Waals surface area contributed by atoms with Gasteiger partial charge in [-0.25, -0.2) is 0 Å². The molecule has 0 bridgehead atoms. The number of unbranched alkanes of at least 4 members (excludes halogenated alkanes) is 13. The number of carboxylic acids is 1. The molecule has 180 valence electrons.